The first-order valence-electron chi connectivity index (χ1n) is 9.21. The van der Waals surface area contributed by atoms with Gasteiger partial charge in [0.25, 0.3) is 0 Å². The normalized spacial score (nSPS) is 15.0. The van der Waals surface area contributed by atoms with Crippen molar-refractivity contribution in [2.45, 2.75) is 32.6 Å². The lowest BCUT2D eigenvalue weighted by atomic mass is 9.90. The highest BCUT2D eigenvalue weighted by molar-refractivity contribution is 5.70. The van der Waals surface area contributed by atoms with Gasteiger partial charge in [-0.3, -0.25) is 10.1 Å². The quantitative estimate of drug-likeness (QED) is 0.603. The Bertz CT molecular complexity index is 730. The lowest BCUT2D eigenvalue weighted by Gasteiger charge is -2.32. The number of aromatic nitrogens is 2. The maximum Gasteiger partial charge on any atom is 0.353 e. The first kappa shape index (κ1) is 18.1. The fourth-order valence-corrected chi connectivity index (χ4v) is 3.44. The Labute approximate surface area is 153 Å². The van der Waals surface area contributed by atoms with E-state index in [9.17, 15) is 10.1 Å². The van der Waals surface area contributed by atoms with E-state index in [1.165, 1.54) is 11.9 Å². The van der Waals surface area contributed by atoms with Crippen LogP contribution >= 0.6 is 0 Å². The van der Waals surface area contributed by atoms with Crippen molar-refractivity contribution in [3.63, 3.8) is 0 Å². The van der Waals surface area contributed by atoms with Gasteiger partial charge in [-0.2, -0.15) is 0 Å². The van der Waals surface area contributed by atoms with Gasteiger partial charge >= 0.3 is 5.69 Å². The van der Waals surface area contributed by atoms with Crippen LogP contribution in [0.2, 0.25) is 0 Å². The summed E-state index contributed by atoms with van der Waals surface area (Å²) in [5.74, 6) is 1.35. The molecule has 0 amide bonds. The number of hydrogen-bond donors (Lipinski definition) is 1. The number of nitrogens with one attached hydrogen (secondary N) is 1. The van der Waals surface area contributed by atoms with Crippen molar-refractivity contribution >= 4 is 17.3 Å². The van der Waals surface area contributed by atoms with E-state index < -0.39 is 0 Å². The monoisotopic (exact) mass is 355 g/mol. The van der Waals surface area contributed by atoms with Crippen LogP contribution < -0.4 is 10.2 Å². The molecule has 1 N–H and O–H groups in total. The molecule has 0 spiro atoms. The molecule has 0 aliphatic carbocycles. The van der Waals surface area contributed by atoms with Crippen molar-refractivity contribution in [2.24, 2.45) is 5.92 Å². The molecular weight excluding hydrogens is 330 g/mol. The Balaban J connectivity index is 1.69. The van der Waals surface area contributed by atoms with Gasteiger partial charge < -0.3 is 10.2 Å². The molecule has 0 radical (unpaired) electrons. The van der Waals surface area contributed by atoms with Gasteiger partial charge in [0.15, 0.2) is 0 Å². The summed E-state index contributed by atoms with van der Waals surface area (Å²) in [5, 5.41) is 14.7. The number of nitrogens with zero attached hydrogens (tertiary/aromatic N) is 4. The van der Waals surface area contributed by atoms with Gasteiger partial charge in [-0.05, 0) is 37.2 Å². The van der Waals surface area contributed by atoms with Crippen molar-refractivity contribution in [1.29, 1.82) is 0 Å². The maximum atomic E-state index is 11.6. The average Bonchev–Trinajstić information content (AvgIpc) is 2.67. The zero-order valence-electron chi connectivity index (χ0n) is 15.1. The van der Waals surface area contributed by atoms with E-state index in [-0.39, 0.29) is 10.6 Å². The molecule has 7 heteroatoms. The molecule has 1 aliphatic heterocycles. The molecule has 2 aromatic rings. The van der Waals surface area contributed by atoms with Crippen LogP contribution in [0.3, 0.4) is 0 Å². The lowest BCUT2D eigenvalue weighted by Crippen LogP contribution is -2.35. The van der Waals surface area contributed by atoms with E-state index in [2.05, 4.69) is 39.6 Å². The topological polar surface area (TPSA) is 84.2 Å². The van der Waals surface area contributed by atoms with Crippen LogP contribution in [-0.2, 0) is 6.42 Å². The average molecular weight is 355 g/mol. The van der Waals surface area contributed by atoms with Crippen LogP contribution in [0.4, 0.5) is 17.3 Å². The molecule has 3 rings (SSSR count). The highest BCUT2D eigenvalue weighted by atomic mass is 16.6. The summed E-state index contributed by atoms with van der Waals surface area (Å²) in [5.41, 5.74) is 1.34. The van der Waals surface area contributed by atoms with E-state index >= 15 is 0 Å². The third kappa shape index (κ3) is 4.28. The second-order valence-electron chi connectivity index (χ2n) is 6.70. The summed E-state index contributed by atoms with van der Waals surface area (Å²) in [4.78, 5) is 21.6. The molecule has 0 bridgehead atoms. The first-order chi connectivity index (χ1) is 12.7. The minimum absolute atomic E-state index is 0.0116. The molecular formula is C19H25N5O2. The summed E-state index contributed by atoms with van der Waals surface area (Å²) in [6.45, 7) is 4.22. The van der Waals surface area contributed by atoms with Gasteiger partial charge in [0.2, 0.25) is 11.6 Å². The Hall–Kier alpha value is -2.70. The van der Waals surface area contributed by atoms with Crippen LogP contribution in [0.25, 0.3) is 0 Å². The predicted molar refractivity (Wildman–Crippen MR) is 103 cm³/mol. The summed E-state index contributed by atoms with van der Waals surface area (Å²) >= 11 is 0. The van der Waals surface area contributed by atoms with Gasteiger partial charge in [-0.15, -0.1) is 0 Å². The minimum atomic E-state index is -0.372. The van der Waals surface area contributed by atoms with Crippen molar-refractivity contribution in [1.82, 2.24) is 9.97 Å². The summed E-state index contributed by atoms with van der Waals surface area (Å²) in [7, 11) is 0. The van der Waals surface area contributed by atoms with Crippen LogP contribution in [0, 0.1) is 16.0 Å². The zero-order chi connectivity index (χ0) is 18.4. The molecule has 0 saturated carbocycles. The molecule has 1 aromatic heterocycles. The Morgan fingerprint density at radius 3 is 2.62 bits per heavy atom. The molecule has 1 aromatic carbocycles. The smallest absolute Gasteiger partial charge is 0.353 e. The van der Waals surface area contributed by atoms with Crippen LogP contribution in [0.1, 0.15) is 31.7 Å². The number of hydrogen-bond acceptors (Lipinski definition) is 6. The zero-order valence-corrected chi connectivity index (χ0v) is 15.1. The van der Waals surface area contributed by atoms with Gasteiger partial charge in [0, 0.05) is 19.6 Å². The van der Waals surface area contributed by atoms with Gasteiger partial charge in [-0.25, -0.2) is 9.97 Å². The summed E-state index contributed by atoms with van der Waals surface area (Å²) in [6.07, 6.45) is 5.36. The fourth-order valence-electron chi connectivity index (χ4n) is 3.44. The number of piperidine rings is 1. The van der Waals surface area contributed by atoms with Gasteiger partial charge in [0.05, 0.1) is 4.92 Å². The third-order valence-corrected chi connectivity index (χ3v) is 4.81. The van der Waals surface area contributed by atoms with E-state index in [1.54, 1.807) is 0 Å². The van der Waals surface area contributed by atoms with Crippen LogP contribution in [0.5, 0.6) is 0 Å². The highest BCUT2D eigenvalue weighted by Crippen LogP contribution is 2.34. The minimum Gasteiger partial charge on any atom is -0.364 e. The SMILES string of the molecule is CCCNc1ncnc(N2CCC(Cc3ccccc3)CC2)c1[N+](=O)[O-]. The largest absolute Gasteiger partial charge is 0.364 e. The predicted octanol–water partition coefficient (Wildman–Crippen LogP) is 3.67. The van der Waals surface area contributed by atoms with Crippen molar-refractivity contribution in [3.05, 3.63) is 52.3 Å². The fraction of sp³-hybridized carbons (Fsp3) is 0.474. The second kappa shape index (κ2) is 8.60. The lowest BCUT2D eigenvalue weighted by molar-refractivity contribution is -0.383. The molecule has 0 atom stereocenters. The molecule has 2 heterocycles. The number of anilines is 2. The van der Waals surface area contributed by atoms with Crippen LogP contribution in [0.15, 0.2) is 36.7 Å². The Morgan fingerprint density at radius 1 is 1.23 bits per heavy atom. The van der Waals surface area contributed by atoms with Crippen molar-refractivity contribution < 1.29 is 4.92 Å². The molecule has 1 saturated heterocycles. The number of rotatable bonds is 7. The molecule has 1 fully saturated rings. The van der Waals surface area contributed by atoms with Gasteiger partial charge in [-0.1, -0.05) is 37.3 Å². The number of nitro groups is 1. The Morgan fingerprint density at radius 2 is 1.96 bits per heavy atom. The first-order valence-corrected chi connectivity index (χ1v) is 9.21. The summed E-state index contributed by atoms with van der Waals surface area (Å²) < 4.78 is 0. The van der Waals surface area contributed by atoms with Crippen molar-refractivity contribution in [2.75, 3.05) is 29.9 Å². The van der Waals surface area contributed by atoms with Crippen molar-refractivity contribution in [3.8, 4) is 0 Å². The molecule has 26 heavy (non-hydrogen) atoms. The third-order valence-electron chi connectivity index (χ3n) is 4.81. The molecule has 138 valence electrons. The van der Waals surface area contributed by atoms with E-state index in [4.69, 9.17) is 0 Å². The Kier molecular flexibility index (Phi) is 5.99. The summed E-state index contributed by atoms with van der Waals surface area (Å²) in [6, 6.07) is 10.5. The van der Waals surface area contributed by atoms with E-state index in [0.29, 0.717) is 24.1 Å². The molecule has 7 nitrogen and oxygen atoms in total. The second-order valence-corrected chi connectivity index (χ2v) is 6.70. The molecule has 0 unspecified atom stereocenters. The standard InChI is InChI=1S/C19H25N5O2/c1-2-10-20-18-17(24(25)26)19(22-14-21-18)23-11-8-16(9-12-23)13-15-6-4-3-5-7-15/h3-7,14,16H,2,8-13H2,1H3,(H,20,21,22). The van der Waals surface area contributed by atoms with E-state index in [1.807, 2.05) is 17.9 Å². The maximum absolute atomic E-state index is 11.6. The van der Waals surface area contributed by atoms with Crippen LogP contribution in [-0.4, -0.2) is 34.5 Å². The number of benzene rings is 1. The van der Waals surface area contributed by atoms with Gasteiger partial charge in [0.1, 0.15) is 6.33 Å². The van der Waals surface area contributed by atoms with E-state index in [0.717, 1.165) is 38.8 Å². The molecule has 1 aliphatic rings. The highest BCUT2D eigenvalue weighted by Gasteiger charge is 2.29.